The van der Waals surface area contributed by atoms with Crippen LogP contribution in [-0.2, 0) is 14.9 Å². The van der Waals surface area contributed by atoms with Crippen molar-refractivity contribution in [1.29, 1.82) is 0 Å². The highest BCUT2D eigenvalue weighted by atomic mass is 32.2. The Hall–Kier alpha value is -1.57. The van der Waals surface area contributed by atoms with E-state index in [0.29, 0.717) is 26.2 Å². The van der Waals surface area contributed by atoms with Crippen molar-refractivity contribution < 1.29 is 17.9 Å². The zero-order chi connectivity index (χ0) is 32.5. The molecule has 1 aromatic carbocycles. The van der Waals surface area contributed by atoms with Gasteiger partial charge in [0.2, 0.25) is 0 Å². The smallest absolute Gasteiger partial charge is 0.410 e. The molecule has 4 rings (SSSR count). The number of anilines is 1. The third kappa shape index (κ3) is 11.6. The van der Waals surface area contributed by atoms with E-state index in [1.807, 2.05) is 20.8 Å². The lowest BCUT2D eigenvalue weighted by molar-refractivity contribution is 0.0189. The van der Waals surface area contributed by atoms with Crippen LogP contribution in [-0.4, -0.2) is 129 Å². The van der Waals surface area contributed by atoms with Crippen molar-refractivity contribution in [3.05, 3.63) is 24.3 Å². The quantitative estimate of drug-likeness (QED) is 0.367. The molecule has 0 radical (unpaired) electrons. The minimum atomic E-state index is -3.65. The predicted octanol–water partition coefficient (Wildman–Crippen LogP) is 5.23. The molecular weight excluding hydrogens is 609 g/mol. The summed E-state index contributed by atoms with van der Waals surface area (Å²) in [5.41, 5.74) is 0.603. The summed E-state index contributed by atoms with van der Waals surface area (Å²) in [6.07, 6.45) is 9.00. The average Bonchev–Trinajstić information content (AvgIpc) is 2.99. The number of carbonyl (C=O) groups excluding carboxylic acids is 1. The lowest BCUT2D eigenvalue weighted by Crippen LogP contribution is -2.55. The lowest BCUT2D eigenvalue weighted by Gasteiger charge is -2.38. The van der Waals surface area contributed by atoms with Gasteiger partial charge in [0.15, 0.2) is 0 Å². The standard InChI is InChI=1S/C33H58N6O4S2/c1-33(2,3)43-32(40)36-24-26-39(27-25-36)45(41,42)38-22-10-19-35(28-29-12-7-6-8-13-29)18-9-20-37(21-11-23-38)44-31-16-14-30(15-17-31)34(4)5/h14-17,29H,6-13,18-28H2,1-5H3. The molecule has 1 saturated carbocycles. The average molecular weight is 667 g/mol. The highest BCUT2D eigenvalue weighted by Crippen LogP contribution is 2.27. The van der Waals surface area contributed by atoms with Crippen LogP contribution in [0.2, 0.25) is 0 Å². The van der Waals surface area contributed by atoms with Crippen molar-refractivity contribution in [2.75, 3.05) is 91.0 Å². The molecule has 2 heterocycles. The molecule has 0 bridgehead atoms. The third-order valence-corrected chi connectivity index (χ3v) is 12.1. The van der Waals surface area contributed by atoms with Gasteiger partial charge in [-0.3, -0.25) is 0 Å². The summed E-state index contributed by atoms with van der Waals surface area (Å²) >= 11 is 1.78. The van der Waals surface area contributed by atoms with Gasteiger partial charge in [0.25, 0.3) is 10.2 Å². The Morgan fingerprint density at radius 3 is 1.93 bits per heavy atom. The van der Waals surface area contributed by atoms with Crippen LogP contribution in [0.25, 0.3) is 0 Å². The van der Waals surface area contributed by atoms with Crippen LogP contribution in [0.15, 0.2) is 29.2 Å². The van der Waals surface area contributed by atoms with Crippen molar-refractivity contribution in [2.24, 2.45) is 5.92 Å². The zero-order valence-electron chi connectivity index (χ0n) is 28.5. The van der Waals surface area contributed by atoms with E-state index in [0.717, 1.165) is 57.9 Å². The summed E-state index contributed by atoms with van der Waals surface area (Å²) in [4.78, 5) is 20.1. The van der Waals surface area contributed by atoms with Crippen molar-refractivity contribution in [3.63, 3.8) is 0 Å². The Balaban J connectivity index is 1.42. The van der Waals surface area contributed by atoms with E-state index >= 15 is 0 Å². The fourth-order valence-corrected chi connectivity index (χ4v) is 9.15. The number of hydrogen-bond donors (Lipinski definition) is 0. The molecule has 1 aliphatic carbocycles. The van der Waals surface area contributed by atoms with E-state index in [9.17, 15) is 13.2 Å². The van der Waals surface area contributed by atoms with Crippen molar-refractivity contribution in [3.8, 4) is 0 Å². The van der Waals surface area contributed by atoms with E-state index in [1.165, 1.54) is 42.7 Å². The summed E-state index contributed by atoms with van der Waals surface area (Å²) in [5, 5.41) is 0. The second-order valence-electron chi connectivity index (χ2n) is 14.0. The van der Waals surface area contributed by atoms with Crippen molar-refractivity contribution in [1.82, 2.24) is 22.7 Å². The van der Waals surface area contributed by atoms with Crippen LogP contribution in [0.1, 0.15) is 72.1 Å². The SMILES string of the molecule is CN(C)c1ccc(SN2CCCN(CC3CCCCC3)CCCN(S(=O)(=O)N3CCN(C(=O)OC(C)(C)C)CC3)CCC2)cc1. The first-order valence-electron chi connectivity index (χ1n) is 17.1. The molecule has 1 aromatic rings. The van der Waals surface area contributed by atoms with Crippen LogP contribution >= 0.6 is 11.9 Å². The largest absolute Gasteiger partial charge is 0.444 e. The topological polar surface area (TPSA) is 79.9 Å². The minimum absolute atomic E-state index is 0.288. The van der Waals surface area contributed by atoms with Gasteiger partial charge < -0.3 is 19.4 Å². The Kier molecular flexibility index (Phi) is 13.7. The van der Waals surface area contributed by atoms with Gasteiger partial charge in [0, 0.05) is 83.6 Å². The van der Waals surface area contributed by atoms with E-state index in [-0.39, 0.29) is 19.2 Å². The predicted molar refractivity (Wildman–Crippen MR) is 185 cm³/mol. The summed E-state index contributed by atoms with van der Waals surface area (Å²) < 4.78 is 39.2. The molecule has 3 aliphatic rings. The van der Waals surface area contributed by atoms with Crippen LogP contribution in [0.3, 0.4) is 0 Å². The summed E-state index contributed by atoms with van der Waals surface area (Å²) in [6.45, 7) is 12.7. The number of carbonyl (C=O) groups is 1. The van der Waals surface area contributed by atoms with Gasteiger partial charge in [0.05, 0.1) is 0 Å². The van der Waals surface area contributed by atoms with Crippen molar-refractivity contribution in [2.45, 2.75) is 82.6 Å². The van der Waals surface area contributed by atoms with Crippen LogP contribution in [0.4, 0.5) is 10.5 Å². The second-order valence-corrected chi connectivity index (χ2v) is 17.1. The number of ether oxygens (including phenoxy) is 1. The fourth-order valence-electron chi connectivity index (χ4n) is 6.48. The molecule has 0 unspecified atom stereocenters. The van der Waals surface area contributed by atoms with Gasteiger partial charge in [-0.05, 0) is 108 Å². The van der Waals surface area contributed by atoms with Gasteiger partial charge in [-0.1, -0.05) is 19.3 Å². The first-order chi connectivity index (χ1) is 21.4. The molecule has 2 aliphatic heterocycles. The molecular formula is C33H58N6O4S2. The number of rotatable bonds is 7. The number of piperazine rings is 1. The van der Waals surface area contributed by atoms with Crippen LogP contribution in [0, 0.1) is 5.92 Å². The summed E-state index contributed by atoms with van der Waals surface area (Å²) in [6, 6.07) is 8.67. The second kappa shape index (κ2) is 17.0. The van der Waals surface area contributed by atoms with E-state index in [4.69, 9.17) is 4.74 Å². The Bertz CT molecular complexity index is 1150. The van der Waals surface area contributed by atoms with Gasteiger partial charge in [-0.2, -0.15) is 17.0 Å². The maximum atomic E-state index is 14.0. The lowest BCUT2D eigenvalue weighted by atomic mass is 9.89. The summed E-state index contributed by atoms with van der Waals surface area (Å²) in [5.74, 6) is 0.758. The zero-order valence-corrected chi connectivity index (χ0v) is 30.1. The first kappa shape index (κ1) is 36.3. The maximum absolute atomic E-state index is 14.0. The van der Waals surface area contributed by atoms with E-state index < -0.39 is 15.8 Å². The Labute approximate surface area is 277 Å². The summed E-state index contributed by atoms with van der Waals surface area (Å²) in [7, 11) is 0.455. The number of hydrogen-bond acceptors (Lipinski definition) is 8. The molecule has 256 valence electrons. The Morgan fingerprint density at radius 2 is 1.36 bits per heavy atom. The number of nitrogens with zero attached hydrogens (tertiary/aromatic N) is 6. The molecule has 0 spiro atoms. The monoisotopic (exact) mass is 666 g/mol. The molecule has 1 amide bonds. The number of benzene rings is 1. The molecule has 45 heavy (non-hydrogen) atoms. The molecule has 0 aromatic heterocycles. The number of amides is 1. The van der Waals surface area contributed by atoms with Gasteiger partial charge in [0.1, 0.15) is 5.60 Å². The van der Waals surface area contributed by atoms with Crippen molar-refractivity contribution >= 4 is 33.9 Å². The highest BCUT2D eigenvalue weighted by Gasteiger charge is 2.34. The molecule has 12 heteroatoms. The molecule has 10 nitrogen and oxygen atoms in total. The molecule has 3 fully saturated rings. The van der Waals surface area contributed by atoms with Gasteiger partial charge >= 0.3 is 6.09 Å². The third-order valence-electron chi connectivity index (χ3n) is 8.95. The molecule has 0 N–H and O–H groups in total. The van der Waals surface area contributed by atoms with Crippen LogP contribution in [0.5, 0.6) is 0 Å². The van der Waals surface area contributed by atoms with E-state index in [1.54, 1.807) is 25.5 Å². The fraction of sp³-hybridized carbons (Fsp3) is 0.788. The van der Waals surface area contributed by atoms with E-state index in [2.05, 4.69) is 52.5 Å². The molecule has 0 atom stereocenters. The normalized spacial score (nSPS) is 22.0. The maximum Gasteiger partial charge on any atom is 0.410 e. The van der Waals surface area contributed by atoms with Crippen LogP contribution < -0.4 is 4.90 Å². The first-order valence-corrected chi connectivity index (χ1v) is 19.2. The van der Waals surface area contributed by atoms with Gasteiger partial charge in [-0.25, -0.2) is 9.10 Å². The minimum Gasteiger partial charge on any atom is -0.444 e. The highest BCUT2D eigenvalue weighted by molar-refractivity contribution is 7.97. The Morgan fingerprint density at radius 1 is 0.800 bits per heavy atom. The molecule has 2 saturated heterocycles. The van der Waals surface area contributed by atoms with Gasteiger partial charge in [-0.15, -0.1) is 0 Å².